The average molecular weight is 256 g/mol. The predicted octanol–water partition coefficient (Wildman–Crippen LogP) is 2.52. The molecule has 0 atom stereocenters. The van der Waals surface area contributed by atoms with Crippen LogP contribution in [0.25, 0.3) is 22.8 Å². The lowest BCUT2D eigenvalue weighted by Gasteiger charge is -2.00. The minimum absolute atomic E-state index is 0.0103. The maximum atomic E-state index is 13.4. The van der Waals surface area contributed by atoms with E-state index in [1.54, 1.807) is 30.6 Å². The Morgan fingerprint density at radius 2 is 2.05 bits per heavy atom. The van der Waals surface area contributed by atoms with Crippen LogP contribution in [0.4, 0.5) is 10.1 Å². The molecule has 0 aliphatic rings. The predicted molar refractivity (Wildman–Crippen MR) is 67.3 cm³/mol. The van der Waals surface area contributed by atoms with Crippen molar-refractivity contribution in [3.8, 4) is 22.8 Å². The number of hydrogen-bond acceptors (Lipinski definition) is 5. The Labute approximate surface area is 107 Å². The zero-order valence-corrected chi connectivity index (χ0v) is 9.75. The van der Waals surface area contributed by atoms with Crippen molar-refractivity contribution in [1.29, 1.82) is 0 Å². The van der Waals surface area contributed by atoms with Crippen molar-refractivity contribution in [2.45, 2.75) is 0 Å². The molecule has 0 radical (unpaired) electrons. The number of benzene rings is 1. The number of aromatic nitrogens is 3. The molecule has 2 N–H and O–H groups in total. The largest absolute Gasteiger partial charge is 0.396 e. The quantitative estimate of drug-likeness (QED) is 0.713. The van der Waals surface area contributed by atoms with E-state index < -0.39 is 5.82 Å². The van der Waals surface area contributed by atoms with Crippen LogP contribution in [0, 0.1) is 5.82 Å². The standard InChI is InChI=1S/C13H9FN4O/c14-10-5-1-4-9(11(10)15)13-17-12(18-19-13)8-3-2-6-16-7-8/h1-7H,15H2. The summed E-state index contributed by atoms with van der Waals surface area (Å²) in [6.07, 6.45) is 3.26. The molecule has 19 heavy (non-hydrogen) atoms. The van der Waals surface area contributed by atoms with Crippen LogP contribution < -0.4 is 5.73 Å². The highest BCUT2D eigenvalue weighted by atomic mass is 19.1. The van der Waals surface area contributed by atoms with Crippen molar-refractivity contribution in [3.05, 3.63) is 48.5 Å². The molecule has 0 saturated carbocycles. The Morgan fingerprint density at radius 3 is 2.84 bits per heavy atom. The van der Waals surface area contributed by atoms with E-state index in [1.165, 1.54) is 12.1 Å². The molecule has 6 heteroatoms. The number of nitrogen functional groups attached to an aromatic ring is 1. The number of nitrogens with zero attached hydrogens (tertiary/aromatic N) is 3. The van der Waals surface area contributed by atoms with Crippen molar-refractivity contribution < 1.29 is 8.91 Å². The number of hydrogen-bond donors (Lipinski definition) is 1. The van der Waals surface area contributed by atoms with Gasteiger partial charge < -0.3 is 10.3 Å². The summed E-state index contributed by atoms with van der Waals surface area (Å²) in [6, 6.07) is 8.00. The van der Waals surface area contributed by atoms with Gasteiger partial charge in [0.05, 0.1) is 11.3 Å². The second kappa shape index (κ2) is 4.49. The normalized spacial score (nSPS) is 10.6. The van der Waals surface area contributed by atoms with Gasteiger partial charge in [-0.2, -0.15) is 4.98 Å². The minimum Gasteiger partial charge on any atom is -0.396 e. The van der Waals surface area contributed by atoms with Gasteiger partial charge in [-0.3, -0.25) is 4.98 Å². The lowest BCUT2D eigenvalue weighted by molar-refractivity contribution is 0.432. The summed E-state index contributed by atoms with van der Waals surface area (Å²) in [5.74, 6) is 0.0428. The van der Waals surface area contributed by atoms with Gasteiger partial charge in [0.15, 0.2) is 0 Å². The van der Waals surface area contributed by atoms with E-state index in [-0.39, 0.29) is 11.6 Å². The van der Waals surface area contributed by atoms with Crippen LogP contribution in [0.2, 0.25) is 0 Å². The van der Waals surface area contributed by atoms with Crippen LogP contribution in [-0.4, -0.2) is 15.1 Å². The molecule has 5 nitrogen and oxygen atoms in total. The molecule has 0 fully saturated rings. The van der Waals surface area contributed by atoms with Crippen molar-refractivity contribution in [2.24, 2.45) is 0 Å². The van der Waals surface area contributed by atoms with Gasteiger partial charge in [-0.25, -0.2) is 4.39 Å². The summed E-state index contributed by atoms with van der Waals surface area (Å²) in [7, 11) is 0. The molecule has 0 spiro atoms. The van der Waals surface area contributed by atoms with Gasteiger partial charge in [-0.15, -0.1) is 0 Å². The Bertz CT molecular complexity index is 712. The van der Waals surface area contributed by atoms with Gasteiger partial charge in [-0.1, -0.05) is 11.2 Å². The van der Waals surface area contributed by atoms with Crippen molar-refractivity contribution in [2.75, 3.05) is 5.73 Å². The monoisotopic (exact) mass is 256 g/mol. The molecule has 3 rings (SSSR count). The number of para-hydroxylation sites is 1. The third-order valence-electron chi connectivity index (χ3n) is 2.63. The molecule has 2 heterocycles. The summed E-state index contributed by atoms with van der Waals surface area (Å²) in [5.41, 5.74) is 6.73. The lowest BCUT2D eigenvalue weighted by Crippen LogP contribution is -1.94. The maximum absolute atomic E-state index is 13.4. The molecule has 0 bridgehead atoms. The molecule has 0 aliphatic carbocycles. The first-order valence-corrected chi connectivity index (χ1v) is 5.54. The van der Waals surface area contributed by atoms with Crippen LogP contribution >= 0.6 is 0 Å². The Morgan fingerprint density at radius 1 is 1.16 bits per heavy atom. The average Bonchev–Trinajstić information content (AvgIpc) is 2.92. The SMILES string of the molecule is Nc1c(F)cccc1-c1nc(-c2cccnc2)no1. The van der Waals surface area contributed by atoms with Crippen LogP contribution in [0.15, 0.2) is 47.2 Å². The summed E-state index contributed by atoms with van der Waals surface area (Å²) in [6.45, 7) is 0. The zero-order valence-electron chi connectivity index (χ0n) is 9.75. The molecule has 94 valence electrons. The second-order valence-corrected chi connectivity index (χ2v) is 3.87. The van der Waals surface area contributed by atoms with Crippen molar-refractivity contribution in [3.63, 3.8) is 0 Å². The van der Waals surface area contributed by atoms with E-state index in [0.29, 0.717) is 17.0 Å². The molecule has 3 aromatic rings. The molecular weight excluding hydrogens is 247 g/mol. The first-order chi connectivity index (χ1) is 9.25. The van der Waals surface area contributed by atoms with Crippen molar-refractivity contribution in [1.82, 2.24) is 15.1 Å². The number of anilines is 1. The first kappa shape index (κ1) is 11.3. The Hall–Kier alpha value is -2.76. The van der Waals surface area contributed by atoms with E-state index in [9.17, 15) is 4.39 Å². The van der Waals surface area contributed by atoms with Gasteiger partial charge in [0.25, 0.3) is 5.89 Å². The molecule has 1 aromatic carbocycles. The molecule has 0 saturated heterocycles. The summed E-state index contributed by atoms with van der Waals surface area (Å²) in [4.78, 5) is 8.16. The van der Waals surface area contributed by atoms with Crippen molar-refractivity contribution >= 4 is 5.69 Å². The fourth-order valence-corrected chi connectivity index (χ4v) is 1.67. The molecular formula is C13H9FN4O. The van der Waals surface area contributed by atoms with E-state index in [2.05, 4.69) is 15.1 Å². The smallest absolute Gasteiger partial charge is 0.260 e. The van der Waals surface area contributed by atoms with Crippen LogP contribution in [0.3, 0.4) is 0 Å². The van der Waals surface area contributed by atoms with Crippen LogP contribution in [0.5, 0.6) is 0 Å². The minimum atomic E-state index is -0.515. The summed E-state index contributed by atoms with van der Waals surface area (Å²) >= 11 is 0. The first-order valence-electron chi connectivity index (χ1n) is 5.54. The molecule has 0 amide bonds. The fourth-order valence-electron chi connectivity index (χ4n) is 1.67. The molecule has 0 aliphatic heterocycles. The van der Waals surface area contributed by atoms with E-state index >= 15 is 0 Å². The topological polar surface area (TPSA) is 77.8 Å². The van der Waals surface area contributed by atoms with E-state index in [4.69, 9.17) is 10.3 Å². The lowest BCUT2D eigenvalue weighted by atomic mass is 10.1. The third kappa shape index (κ3) is 2.03. The Kier molecular flexibility index (Phi) is 2.68. The van der Waals surface area contributed by atoms with Crippen LogP contribution in [-0.2, 0) is 0 Å². The van der Waals surface area contributed by atoms with Crippen LogP contribution in [0.1, 0.15) is 0 Å². The second-order valence-electron chi connectivity index (χ2n) is 3.87. The van der Waals surface area contributed by atoms with Gasteiger partial charge >= 0.3 is 0 Å². The van der Waals surface area contributed by atoms with E-state index in [1.807, 2.05) is 0 Å². The third-order valence-corrected chi connectivity index (χ3v) is 2.63. The Balaban J connectivity index is 2.05. The number of halogens is 1. The number of nitrogens with two attached hydrogens (primary N) is 1. The van der Waals surface area contributed by atoms with E-state index in [0.717, 1.165) is 0 Å². The number of rotatable bonds is 2. The number of pyridine rings is 1. The van der Waals surface area contributed by atoms with Gasteiger partial charge in [0.1, 0.15) is 5.82 Å². The summed E-state index contributed by atoms with van der Waals surface area (Å²) < 4.78 is 18.5. The maximum Gasteiger partial charge on any atom is 0.260 e. The van der Waals surface area contributed by atoms with Gasteiger partial charge in [-0.05, 0) is 24.3 Å². The molecule has 2 aromatic heterocycles. The highest BCUT2D eigenvalue weighted by Gasteiger charge is 2.14. The zero-order chi connectivity index (χ0) is 13.2. The summed E-state index contributed by atoms with van der Waals surface area (Å²) in [5, 5.41) is 3.83. The highest BCUT2D eigenvalue weighted by Crippen LogP contribution is 2.27. The van der Waals surface area contributed by atoms with Gasteiger partial charge in [0.2, 0.25) is 5.82 Å². The fraction of sp³-hybridized carbons (Fsp3) is 0. The highest BCUT2D eigenvalue weighted by molar-refractivity contribution is 5.71. The van der Waals surface area contributed by atoms with Gasteiger partial charge in [0, 0.05) is 18.0 Å². The molecule has 0 unspecified atom stereocenters.